The Hall–Kier alpha value is -2.82. The summed E-state index contributed by atoms with van der Waals surface area (Å²) in [7, 11) is 0. The number of hydrogen-bond donors (Lipinski definition) is 1. The third-order valence-electron chi connectivity index (χ3n) is 6.13. The van der Waals surface area contributed by atoms with E-state index in [-0.39, 0.29) is 17.9 Å². The number of rotatable bonds is 7. The van der Waals surface area contributed by atoms with Gasteiger partial charge in [0.25, 0.3) is 0 Å². The van der Waals surface area contributed by atoms with Crippen LogP contribution in [-0.4, -0.2) is 34.6 Å². The zero-order valence-electron chi connectivity index (χ0n) is 18.1. The van der Waals surface area contributed by atoms with Crippen molar-refractivity contribution in [1.29, 1.82) is 0 Å². The van der Waals surface area contributed by atoms with Gasteiger partial charge in [0.05, 0.1) is 17.0 Å². The number of fused-ring (bicyclic) bond motifs is 1. The molecule has 3 aromatic rings. The SMILES string of the molecule is CCCn1c(N2CCC(NC(=O)C(CC)c3ccccc3)CC2)nc2ccccc21. The van der Waals surface area contributed by atoms with E-state index in [4.69, 9.17) is 4.98 Å². The number of anilines is 1. The standard InChI is InChI=1S/C25H32N4O/c1-3-16-29-23-13-9-8-12-22(23)27-25(29)28-17-14-20(15-18-28)26-24(30)21(4-2)19-10-6-5-7-11-19/h5-13,20-21H,3-4,14-18H2,1-2H3,(H,26,30). The summed E-state index contributed by atoms with van der Waals surface area (Å²) >= 11 is 0. The molecule has 30 heavy (non-hydrogen) atoms. The van der Waals surface area contributed by atoms with Crippen molar-refractivity contribution < 1.29 is 4.79 Å². The Morgan fingerprint density at radius 3 is 2.47 bits per heavy atom. The number of nitrogens with zero attached hydrogens (tertiary/aromatic N) is 3. The molecule has 1 amide bonds. The summed E-state index contributed by atoms with van der Waals surface area (Å²) < 4.78 is 2.34. The smallest absolute Gasteiger partial charge is 0.227 e. The fourth-order valence-electron chi connectivity index (χ4n) is 4.53. The molecule has 1 aliphatic rings. The third-order valence-corrected chi connectivity index (χ3v) is 6.13. The molecule has 0 bridgehead atoms. The minimum absolute atomic E-state index is 0.0713. The summed E-state index contributed by atoms with van der Waals surface area (Å²) in [6, 6.07) is 18.7. The Kier molecular flexibility index (Phi) is 6.36. The number of para-hydroxylation sites is 2. The zero-order valence-corrected chi connectivity index (χ0v) is 18.1. The van der Waals surface area contributed by atoms with Gasteiger partial charge in [0.15, 0.2) is 0 Å². The van der Waals surface area contributed by atoms with E-state index in [0.717, 1.165) is 62.3 Å². The molecule has 4 rings (SSSR count). The van der Waals surface area contributed by atoms with Crippen LogP contribution in [0.2, 0.25) is 0 Å². The first kappa shape index (κ1) is 20.5. The lowest BCUT2D eigenvalue weighted by Crippen LogP contribution is -2.46. The monoisotopic (exact) mass is 404 g/mol. The normalized spacial score (nSPS) is 16.0. The molecule has 0 radical (unpaired) electrons. The van der Waals surface area contributed by atoms with Gasteiger partial charge in [-0.25, -0.2) is 4.98 Å². The van der Waals surface area contributed by atoms with Crippen LogP contribution in [0.1, 0.15) is 51.0 Å². The number of aryl methyl sites for hydroxylation is 1. The van der Waals surface area contributed by atoms with Crippen molar-refractivity contribution in [2.45, 2.75) is 58.0 Å². The van der Waals surface area contributed by atoms with Crippen LogP contribution < -0.4 is 10.2 Å². The lowest BCUT2D eigenvalue weighted by atomic mass is 9.94. The Balaban J connectivity index is 1.41. The number of piperidine rings is 1. The van der Waals surface area contributed by atoms with E-state index in [1.165, 1.54) is 5.52 Å². The minimum Gasteiger partial charge on any atom is -0.353 e. The average Bonchev–Trinajstić information content (AvgIpc) is 3.14. The molecule has 1 fully saturated rings. The second-order valence-corrected chi connectivity index (χ2v) is 8.19. The highest BCUT2D eigenvalue weighted by Gasteiger charge is 2.27. The highest BCUT2D eigenvalue weighted by molar-refractivity contribution is 5.84. The van der Waals surface area contributed by atoms with E-state index in [0.29, 0.717) is 0 Å². The van der Waals surface area contributed by atoms with E-state index in [2.05, 4.69) is 59.0 Å². The van der Waals surface area contributed by atoms with Crippen LogP contribution in [0.25, 0.3) is 11.0 Å². The van der Waals surface area contributed by atoms with E-state index < -0.39 is 0 Å². The predicted octanol–water partition coefficient (Wildman–Crippen LogP) is 4.73. The minimum atomic E-state index is -0.0713. The molecule has 1 aromatic heterocycles. The Morgan fingerprint density at radius 2 is 1.77 bits per heavy atom. The van der Waals surface area contributed by atoms with Crippen molar-refractivity contribution in [2.75, 3.05) is 18.0 Å². The van der Waals surface area contributed by atoms with Gasteiger partial charge in [0, 0.05) is 25.7 Å². The summed E-state index contributed by atoms with van der Waals surface area (Å²) in [6.45, 7) is 7.09. The first-order valence-corrected chi connectivity index (χ1v) is 11.3. The molecule has 1 unspecified atom stereocenters. The van der Waals surface area contributed by atoms with Gasteiger partial charge in [0.1, 0.15) is 0 Å². The second-order valence-electron chi connectivity index (χ2n) is 8.19. The van der Waals surface area contributed by atoms with Gasteiger partial charge in [-0.15, -0.1) is 0 Å². The van der Waals surface area contributed by atoms with Gasteiger partial charge in [0.2, 0.25) is 11.9 Å². The highest BCUT2D eigenvalue weighted by atomic mass is 16.1. The van der Waals surface area contributed by atoms with Gasteiger partial charge in [-0.3, -0.25) is 4.79 Å². The Labute approximate surface area is 179 Å². The molecule has 5 nitrogen and oxygen atoms in total. The van der Waals surface area contributed by atoms with Gasteiger partial charge in [-0.05, 0) is 43.4 Å². The Bertz CT molecular complexity index is 973. The molecule has 1 atom stereocenters. The van der Waals surface area contributed by atoms with Gasteiger partial charge in [-0.1, -0.05) is 56.3 Å². The van der Waals surface area contributed by atoms with Crippen LogP contribution in [0, 0.1) is 0 Å². The first-order chi connectivity index (χ1) is 14.7. The molecule has 2 heterocycles. The predicted molar refractivity (Wildman–Crippen MR) is 123 cm³/mol. The summed E-state index contributed by atoms with van der Waals surface area (Å²) in [5, 5.41) is 3.31. The fourth-order valence-corrected chi connectivity index (χ4v) is 4.53. The molecule has 0 aliphatic carbocycles. The maximum absolute atomic E-state index is 12.9. The van der Waals surface area contributed by atoms with E-state index in [9.17, 15) is 4.79 Å². The molecule has 1 saturated heterocycles. The quantitative estimate of drug-likeness (QED) is 0.620. The van der Waals surface area contributed by atoms with Crippen molar-refractivity contribution >= 4 is 22.9 Å². The lowest BCUT2D eigenvalue weighted by molar-refractivity contribution is -0.123. The van der Waals surface area contributed by atoms with Crippen molar-refractivity contribution in [3.05, 3.63) is 60.2 Å². The molecule has 5 heteroatoms. The van der Waals surface area contributed by atoms with E-state index in [1.807, 2.05) is 24.3 Å². The summed E-state index contributed by atoms with van der Waals surface area (Å²) in [5.41, 5.74) is 3.37. The molecule has 1 aliphatic heterocycles. The van der Waals surface area contributed by atoms with E-state index in [1.54, 1.807) is 0 Å². The van der Waals surface area contributed by atoms with Crippen molar-refractivity contribution in [3.8, 4) is 0 Å². The maximum Gasteiger partial charge on any atom is 0.227 e. The number of benzene rings is 2. The lowest BCUT2D eigenvalue weighted by Gasteiger charge is -2.34. The summed E-state index contributed by atoms with van der Waals surface area (Å²) in [4.78, 5) is 20.2. The van der Waals surface area contributed by atoms with Crippen molar-refractivity contribution in [2.24, 2.45) is 0 Å². The highest BCUT2D eigenvalue weighted by Crippen LogP contribution is 2.26. The molecule has 0 spiro atoms. The average molecular weight is 405 g/mol. The number of hydrogen-bond acceptors (Lipinski definition) is 3. The molecule has 0 saturated carbocycles. The van der Waals surface area contributed by atoms with Gasteiger partial charge >= 0.3 is 0 Å². The van der Waals surface area contributed by atoms with Gasteiger partial charge in [-0.2, -0.15) is 0 Å². The first-order valence-electron chi connectivity index (χ1n) is 11.3. The molecular formula is C25H32N4O. The topological polar surface area (TPSA) is 50.2 Å². The number of imidazole rings is 1. The second kappa shape index (κ2) is 9.33. The van der Waals surface area contributed by atoms with Gasteiger partial charge < -0.3 is 14.8 Å². The summed E-state index contributed by atoms with van der Waals surface area (Å²) in [6.07, 6.45) is 3.80. The largest absolute Gasteiger partial charge is 0.353 e. The van der Waals surface area contributed by atoms with E-state index >= 15 is 0 Å². The molecule has 158 valence electrons. The number of aromatic nitrogens is 2. The fraction of sp³-hybridized carbons (Fsp3) is 0.440. The van der Waals surface area contributed by atoms with Crippen LogP contribution in [0.5, 0.6) is 0 Å². The number of nitrogens with one attached hydrogen (secondary N) is 1. The van der Waals surface area contributed by atoms with Crippen LogP contribution in [0.15, 0.2) is 54.6 Å². The third kappa shape index (κ3) is 4.20. The van der Waals surface area contributed by atoms with Crippen LogP contribution in [0.3, 0.4) is 0 Å². The van der Waals surface area contributed by atoms with Crippen LogP contribution in [-0.2, 0) is 11.3 Å². The Morgan fingerprint density at radius 1 is 1.07 bits per heavy atom. The zero-order chi connectivity index (χ0) is 20.9. The van der Waals surface area contributed by atoms with Crippen LogP contribution >= 0.6 is 0 Å². The number of carbonyl (C=O) groups excluding carboxylic acids is 1. The van der Waals surface area contributed by atoms with Crippen molar-refractivity contribution in [3.63, 3.8) is 0 Å². The number of carbonyl (C=O) groups is 1. The van der Waals surface area contributed by atoms with Crippen LogP contribution in [0.4, 0.5) is 5.95 Å². The number of amides is 1. The molecular weight excluding hydrogens is 372 g/mol. The van der Waals surface area contributed by atoms with Crippen molar-refractivity contribution in [1.82, 2.24) is 14.9 Å². The maximum atomic E-state index is 12.9. The summed E-state index contributed by atoms with van der Waals surface area (Å²) in [5.74, 6) is 1.15. The molecule has 2 aromatic carbocycles. The molecule has 1 N–H and O–H groups in total.